The third-order valence-electron chi connectivity index (χ3n) is 6.71. The number of hydrogen-bond donors (Lipinski definition) is 0. The molecular weight excluding hydrogens is 352 g/mol. The van der Waals surface area contributed by atoms with Gasteiger partial charge in [0.25, 0.3) is 0 Å². The molecule has 1 aliphatic carbocycles. The lowest BCUT2D eigenvalue weighted by molar-refractivity contribution is -0.0843. The largest absolute Gasteiger partial charge is 0.474 e. The van der Waals surface area contributed by atoms with E-state index in [4.69, 9.17) is 9.47 Å². The molecule has 2 aromatic heterocycles. The van der Waals surface area contributed by atoms with Gasteiger partial charge in [0, 0.05) is 57.7 Å². The summed E-state index contributed by atoms with van der Waals surface area (Å²) in [4.78, 5) is 6.83. The fourth-order valence-corrected chi connectivity index (χ4v) is 4.89. The molecule has 0 radical (unpaired) electrons. The van der Waals surface area contributed by atoms with Crippen LogP contribution in [0.3, 0.4) is 0 Å². The molecule has 4 rings (SSSR count). The van der Waals surface area contributed by atoms with E-state index in [0.717, 1.165) is 44.5 Å². The molecule has 0 amide bonds. The number of pyridine rings is 1. The Morgan fingerprint density at radius 3 is 2.89 bits per heavy atom. The molecular formula is C22H28N4O2. The molecule has 2 aliphatic rings. The molecule has 0 aromatic carbocycles. The first-order chi connectivity index (χ1) is 13.6. The Balaban J connectivity index is 1.52. The average molecular weight is 380 g/mol. The van der Waals surface area contributed by atoms with Gasteiger partial charge in [-0.1, -0.05) is 6.07 Å². The topological polar surface area (TPSA) is 63.3 Å². The fourth-order valence-electron chi connectivity index (χ4n) is 4.89. The second-order valence-corrected chi connectivity index (χ2v) is 8.00. The summed E-state index contributed by atoms with van der Waals surface area (Å²) in [7, 11) is 3.80. The van der Waals surface area contributed by atoms with E-state index in [9.17, 15) is 5.26 Å². The number of aromatic nitrogens is 2. The summed E-state index contributed by atoms with van der Waals surface area (Å²) < 4.78 is 14.2. The smallest absolute Gasteiger partial charge is 0.213 e. The minimum absolute atomic E-state index is 0.0925. The summed E-state index contributed by atoms with van der Waals surface area (Å²) in [6, 6.07) is 10.4. The first kappa shape index (κ1) is 19.0. The van der Waals surface area contributed by atoms with Crippen molar-refractivity contribution in [1.82, 2.24) is 14.5 Å². The van der Waals surface area contributed by atoms with E-state index < -0.39 is 0 Å². The van der Waals surface area contributed by atoms with Crippen LogP contribution < -0.4 is 4.74 Å². The standard InChI is InChI=1S/C22H28N4O2/c1-16-17(12-18(14-23)25(16)2)15-26-11-9-22(27-3)8-7-19(13-20(22)26)28-21-6-4-5-10-24-21/h4-6,10,12,19-20H,7-9,11,13,15H2,1-3H3/t19-,20+,22-/m1/s1. The zero-order valence-electron chi connectivity index (χ0n) is 16.9. The molecule has 1 saturated carbocycles. The van der Waals surface area contributed by atoms with Gasteiger partial charge in [-0.15, -0.1) is 0 Å². The van der Waals surface area contributed by atoms with Gasteiger partial charge in [-0.2, -0.15) is 5.26 Å². The summed E-state index contributed by atoms with van der Waals surface area (Å²) in [6.07, 6.45) is 5.88. The van der Waals surface area contributed by atoms with Gasteiger partial charge in [-0.25, -0.2) is 4.98 Å². The maximum absolute atomic E-state index is 9.33. The van der Waals surface area contributed by atoms with Gasteiger partial charge in [0.15, 0.2) is 0 Å². The van der Waals surface area contributed by atoms with E-state index in [1.165, 1.54) is 5.56 Å². The van der Waals surface area contributed by atoms with E-state index in [1.807, 2.05) is 43.0 Å². The number of methoxy groups -OCH3 is 1. The van der Waals surface area contributed by atoms with Gasteiger partial charge < -0.3 is 14.0 Å². The zero-order valence-corrected chi connectivity index (χ0v) is 16.9. The molecule has 6 heteroatoms. The second kappa shape index (κ2) is 7.57. The Labute approximate surface area is 166 Å². The Morgan fingerprint density at radius 2 is 2.21 bits per heavy atom. The van der Waals surface area contributed by atoms with E-state index in [1.54, 1.807) is 6.20 Å². The van der Waals surface area contributed by atoms with Crippen molar-refractivity contribution in [3.63, 3.8) is 0 Å². The maximum atomic E-state index is 9.33. The SMILES string of the molecule is CO[C@@]12CC[C@@H](Oc3ccccn3)C[C@@H]1N(Cc1cc(C#N)n(C)c1C)CC2. The van der Waals surface area contributed by atoms with E-state index >= 15 is 0 Å². The number of nitriles is 1. The van der Waals surface area contributed by atoms with E-state index in [2.05, 4.69) is 22.9 Å². The lowest BCUT2D eigenvalue weighted by atomic mass is 9.79. The third kappa shape index (κ3) is 3.30. The van der Waals surface area contributed by atoms with Gasteiger partial charge >= 0.3 is 0 Å². The highest BCUT2D eigenvalue weighted by atomic mass is 16.5. The van der Waals surface area contributed by atoms with E-state index in [-0.39, 0.29) is 11.7 Å². The van der Waals surface area contributed by atoms with Crippen LogP contribution in [-0.2, 0) is 18.3 Å². The van der Waals surface area contributed by atoms with Crippen LogP contribution in [0.15, 0.2) is 30.5 Å². The molecule has 0 bridgehead atoms. The van der Waals surface area contributed by atoms with Crippen molar-refractivity contribution in [1.29, 1.82) is 5.26 Å². The molecule has 1 saturated heterocycles. The van der Waals surface area contributed by atoms with Crippen LogP contribution in [0.5, 0.6) is 5.88 Å². The van der Waals surface area contributed by atoms with Crippen LogP contribution >= 0.6 is 0 Å². The molecule has 28 heavy (non-hydrogen) atoms. The number of fused-ring (bicyclic) bond motifs is 1. The summed E-state index contributed by atoms with van der Waals surface area (Å²) in [6.45, 7) is 3.93. The van der Waals surface area contributed by atoms with Crippen LogP contribution in [0.1, 0.15) is 42.6 Å². The number of nitrogens with zero attached hydrogens (tertiary/aromatic N) is 4. The lowest BCUT2D eigenvalue weighted by Crippen LogP contribution is -2.52. The molecule has 6 nitrogen and oxygen atoms in total. The maximum Gasteiger partial charge on any atom is 0.213 e. The van der Waals surface area contributed by atoms with Crippen molar-refractivity contribution >= 4 is 0 Å². The zero-order chi connectivity index (χ0) is 19.7. The normalized spacial score (nSPS) is 27.4. The minimum Gasteiger partial charge on any atom is -0.474 e. The highest BCUT2D eigenvalue weighted by molar-refractivity contribution is 5.34. The van der Waals surface area contributed by atoms with Crippen molar-refractivity contribution in [3.05, 3.63) is 47.4 Å². The summed E-state index contributed by atoms with van der Waals surface area (Å²) in [5, 5.41) is 9.33. The van der Waals surface area contributed by atoms with Gasteiger partial charge in [0.1, 0.15) is 17.9 Å². The Hall–Kier alpha value is -2.36. The molecule has 3 heterocycles. The van der Waals surface area contributed by atoms with Gasteiger partial charge in [-0.05, 0) is 43.9 Å². The highest BCUT2D eigenvalue weighted by Crippen LogP contribution is 2.44. The number of likely N-dealkylation sites (tertiary alicyclic amines) is 1. The summed E-state index contributed by atoms with van der Waals surface area (Å²) in [5.74, 6) is 0.694. The van der Waals surface area contributed by atoms with Crippen LogP contribution in [0.25, 0.3) is 0 Å². The van der Waals surface area contributed by atoms with Crippen molar-refractivity contribution in [2.24, 2.45) is 7.05 Å². The second-order valence-electron chi connectivity index (χ2n) is 8.00. The fraction of sp³-hybridized carbons (Fsp3) is 0.545. The molecule has 0 spiro atoms. The first-order valence-corrected chi connectivity index (χ1v) is 9.98. The Kier molecular flexibility index (Phi) is 5.13. The monoisotopic (exact) mass is 380 g/mol. The van der Waals surface area contributed by atoms with Crippen LogP contribution in [-0.4, -0.2) is 45.9 Å². The molecule has 0 unspecified atom stereocenters. The van der Waals surface area contributed by atoms with E-state index in [0.29, 0.717) is 17.6 Å². The molecule has 0 N–H and O–H groups in total. The molecule has 3 atom stereocenters. The average Bonchev–Trinajstić information content (AvgIpc) is 3.22. The predicted octanol–water partition coefficient (Wildman–Crippen LogP) is 3.19. The van der Waals surface area contributed by atoms with Gasteiger partial charge in [0.2, 0.25) is 5.88 Å². The Bertz CT molecular complexity index is 873. The number of hydrogen-bond acceptors (Lipinski definition) is 5. The van der Waals surface area contributed by atoms with Crippen molar-refractivity contribution in [2.75, 3.05) is 13.7 Å². The van der Waals surface area contributed by atoms with Crippen LogP contribution in [0, 0.1) is 18.3 Å². The van der Waals surface area contributed by atoms with Gasteiger partial charge in [0.05, 0.1) is 5.60 Å². The Morgan fingerprint density at radius 1 is 1.36 bits per heavy atom. The molecule has 2 aromatic rings. The lowest BCUT2D eigenvalue weighted by Gasteiger charge is -2.43. The quantitative estimate of drug-likeness (QED) is 0.797. The molecule has 148 valence electrons. The predicted molar refractivity (Wildman–Crippen MR) is 106 cm³/mol. The number of rotatable bonds is 5. The van der Waals surface area contributed by atoms with Crippen LogP contribution in [0.2, 0.25) is 0 Å². The molecule has 2 fully saturated rings. The third-order valence-corrected chi connectivity index (χ3v) is 6.71. The van der Waals surface area contributed by atoms with Crippen molar-refractivity contribution in [3.8, 4) is 11.9 Å². The first-order valence-electron chi connectivity index (χ1n) is 9.98. The molecule has 1 aliphatic heterocycles. The highest BCUT2D eigenvalue weighted by Gasteiger charge is 2.51. The number of ether oxygens (including phenoxy) is 2. The summed E-state index contributed by atoms with van der Waals surface area (Å²) >= 11 is 0. The van der Waals surface area contributed by atoms with Crippen molar-refractivity contribution < 1.29 is 9.47 Å². The summed E-state index contributed by atoms with van der Waals surface area (Å²) in [5.41, 5.74) is 3.00. The van der Waals surface area contributed by atoms with Gasteiger partial charge in [-0.3, -0.25) is 4.90 Å². The minimum atomic E-state index is -0.0925. The van der Waals surface area contributed by atoms with Crippen LogP contribution in [0.4, 0.5) is 0 Å². The van der Waals surface area contributed by atoms with Crippen molar-refractivity contribution in [2.45, 2.75) is 56.9 Å².